The molecule has 2 aliphatic heterocycles. The molecule has 166 valence electrons. The van der Waals surface area contributed by atoms with E-state index in [1.165, 1.54) is 5.56 Å². The van der Waals surface area contributed by atoms with Crippen molar-refractivity contribution in [1.29, 1.82) is 0 Å². The second-order valence-electron chi connectivity index (χ2n) is 9.01. The molecular weight excluding hydrogens is 402 g/mol. The molecule has 32 heavy (non-hydrogen) atoms. The van der Waals surface area contributed by atoms with Crippen LogP contribution in [0.2, 0.25) is 0 Å². The lowest BCUT2D eigenvalue weighted by atomic mass is 9.94. The van der Waals surface area contributed by atoms with E-state index in [0.29, 0.717) is 19.1 Å². The van der Waals surface area contributed by atoms with E-state index in [1.54, 1.807) is 6.07 Å². The van der Waals surface area contributed by atoms with Crippen molar-refractivity contribution < 1.29 is 14.2 Å². The molecule has 2 aliphatic rings. The first-order valence-electron chi connectivity index (χ1n) is 11.3. The maximum atomic E-state index is 12.8. The van der Waals surface area contributed by atoms with Gasteiger partial charge in [-0.25, -0.2) is 0 Å². The second kappa shape index (κ2) is 8.47. The van der Waals surface area contributed by atoms with Crippen molar-refractivity contribution in [3.8, 4) is 22.9 Å². The number of aromatic nitrogens is 1. The van der Waals surface area contributed by atoms with Gasteiger partial charge in [0.25, 0.3) is 0 Å². The van der Waals surface area contributed by atoms with Crippen molar-refractivity contribution in [2.24, 2.45) is 0 Å². The lowest BCUT2D eigenvalue weighted by Gasteiger charge is -2.29. The minimum Gasteiger partial charge on any atom is -0.489 e. The van der Waals surface area contributed by atoms with Crippen LogP contribution in [0.5, 0.6) is 11.6 Å². The number of rotatable bonds is 6. The number of ether oxygens (including phenoxy) is 3. The Morgan fingerprint density at radius 3 is 2.72 bits per heavy atom. The standard InChI is InChI=1S/C27H29NO4/c1-19-24(29)16-25(31-18-27(2)12-6-14-32-27)28-13-11-21-15-22(9-10-23(21)26(19)28)30-17-20-7-4-3-5-8-20/h3-5,7-10,15-16H,6,11-14,17-18H2,1-2H3. The highest BCUT2D eigenvalue weighted by Crippen LogP contribution is 2.36. The molecule has 1 fully saturated rings. The van der Waals surface area contributed by atoms with Crippen LogP contribution in [0, 0.1) is 6.92 Å². The second-order valence-corrected chi connectivity index (χ2v) is 9.01. The van der Waals surface area contributed by atoms with Crippen LogP contribution < -0.4 is 14.9 Å². The monoisotopic (exact) mass is 431 g/mol. The number of hydrogen-bond donors (Lipinski definition) is 0. The van der Waals surface area contributed by atoms with E-state index in [-0.39, 0.29) is 11.0 Å². The number of benzene rings is 2. The molecule has 0 amide bonds. The Hall–Kier alpha value is -3.05. The van der Waals surface area contributed by atoms with Gasteiger partial charge in [0.1, 0.15) is 19.0 Å². The maximum absolute atomic E-state index is 12.8. The summed E-state index contributed by atoms with van der Waals surface area (Å²) in [4.78, 5) is 12.8. The quantitative estimate of drug-likeness (QED) is 0.557. The van der Waals surface area contributed by atoms with Gasteiger partial charge in [-0.05, 0) is 62.4 Å². The molecule has 5 heteroatoms. The third-order valence-corrected chi connectivity index (χ3v) is 6.53. The van der Waals surface area contributed by atoms with E-state index < -0.39 is 0 Å². The largest absolute Gasteiger partial charge is 0.489 e. The summed E-state index contributed by atoms with van der Waals surface area (Å²) in [6, 6.07) is 17.9. The summed E-state index contributed by atoms with van der Waals surface area (Å²) in [5, 5.41) is 0. The molecule has 1 saturated heterocycles. The molecule has 0 aliphatic carbocycles. The van der Waals surface area contributed by atoms with Gasteiger partial charge in [0.2, 0.25) is 0 Å². The van der Waals surface area contributed by atoms with E-state index in [4.69, 9.17) is 14.2 Å². The van der Waals surface area contributed by atoms with Crippen molar-refractivity contribution in [3.63, 3.8) is 0 Å². The molecule has 5 nitrogen and oxygen atoms in total. The van der Waals surface area contributed by atoms with Gasteiger partial charge in [-0.2, -0.15) is 0 Å². The zero-order chi connectivity index (χ0) is 22.1. The molecule has 1 atom stereocenters. The van der Waals surface area contributed by atoms with Crippen LogP contribution >= 0.6 is 0 Å². The van der Waals surface area contributed by atoms with Crippen LogP contribution in [-0.4, -0.2) is 23.4 Å². The van der Waals surface area contributed by atoms with Crippen molar-refractivity contribution >= 4 is 0 Å². The molecular formula is C27H29NO4. The fourth-order valence-corrected chi connectivity index (χ4v) is 4.66. The molecule has 0 bridgehead atoms. The molecule has 0 radical (unpaired) electrons. The van der Waals surface area contributed by atoms with Crippen molar-refractivity contribution in [2.45, 2.75) is 51.9 Å². The number of nitrogens with zero attached hydrogens (tertiary/aromatic N) is 1. The van der Waals surface area contributed by atoms with E-state index in [2.05, 4.69) is 35.8 Å². The summed E-state index contributed by atoms with van der Waals surface area (Å²) >= 11 is 0. The number of aryl methyl sites for hydroxylation is 1. The number of pyridine rings is 1. The Labute approximate surface area is 188 Å². The minimum atomic E-state index is -0.279. The molecule has 5 rings (SSSR count). The molecule has 0 N–H and O–H groups in total. The predicted octanol–water partition coefficient (Wildman–Crippen LogP) is 4.91. The zero-order valence-electron chi connectivity index (χ0n) is 18.7. The van der Waals surface area contributed by atoms with Crippen LogP contribution in [-0.2, 0) is 24.3 Å². The Balaban J connectivity index is 1.42. The SMILES string of the molecule is Cc1c2n(c(OCC3(C)CCCO3)cc1=O)CCc1cc(OCc3ccccc3)ccc1-2. The normalized spacial score (nSPS) is 19.3. The van der Waals surface area contributed by atoms with Gasteiger partial charge in [-0.1, -0.05) is 30.3 Å². The Morgan fingerprint density at radius 2 is 1.94 bits per heavy atom. The van der Waals surface area contributed by atoms with Gasteiger partial charge in [0.05, 0.1) is 11.3 Å². The summed E-state index contributed by atoms with van der Waals surface area (Å²) < 4.78 is 20.2. The van der Waals surface area contributed by atoms with E-state index in [0.717, 1.165) is 60.5 Å². The van der Waals surface area contributed by atoms with Gasteiger partial charge >= 0.3 is 0 Å². The number of fused-ring (bicyclic) bond motifs is 3. The van der Waals surface area contributed by atoms with E-state index in [1.807, 2.05) is 31.2 Å². The van der Waals surface area contributed by atoms with Crippen molar-refractivity contribution in [2.75, 3.05) is 13.2 Å². The zero-order valence-corrected chi connectivity index (χ0v) is 18.7. The molecule has 3 aromatic rings. The average Bonchev–Trinajstić information content (AvgIpc) is 3.25. The first-order valence-corrected chi connectivity index (χ1v) is 11.3. The van der Waals surface area contributed by atoms with Crippen LogP contribution in [0.1, 0.15) is 36.5 Å². The van der Waals surface area contributed by atoms with Gasteiger partial charge in [-0.15, -0.1) is 0 Å². The highest BCUT2D eigenvalue weighted by Gasteiger charge is 2.31. The van der Waals surface area contributed by atoms with Gasteiger partial charge < -0.3 is 18.8 Å². The average molecular weight is 432 g/mol. The fourth-order valence-electron chi connectivity index (χ4n) is 4.66. The Kier molecular flexibility index (Phi) is 5.51. The van der Waals surface area contributed by atoms with Gasteiger partial charge in [-0.3, -0.25) is 4.79 Å². The number of hydrogen-bond acceptors (Lipinski definition) is 4. The van der Waals surface area contributed by atoms with Gasteiger partial charge in [0, 0.05) is 30.3 Å². The Morgan fingerprint density at radius 1 is 1.09 bits per heavy atom. The smallest absolute Gasteiger partial charge is 0.197 e. The highest BCUT2D eigenvalue weighted by molar-refractivity contribution is 5.70. The molecule has 3 heterocycles. The van der Waals surface area contributed by atoms with Crippen molar-refractivity contribution in [3.05, 3.63) is 81.5 Å². The van der Waals surface area contributed by atoms with Crippen LogP contribution in [0.4, 0.5) is 0 Å². The molecule has 0 saturated carbocycles. The lowest BCUT2D eigenvalue weighted by Crippen LogP contribution is -2.33. The lowest BCUT2D eigenvalue weighted by molar-refractivity contribution is -0.0180. The maximum Gasteiger partial charge on any atom is 0.197 e. The van der Waals surface area contributed by atoms with Gasteiger partial charge in [0.15, 0.2) is 11.3 Å². The molecule has 1 unspecified atom stereocenters. The topological polar surface area (TPSA) is 49.7 Å². The van der Waals surface area contributed by atoms with Crippen LogP contribution in [0.25, 0.3) is 11.3 Å². The summed E-state index contributed by atoms with van der Waals surface area (Å²) in [6.45, 7) is 6.50. The summed E-state index contributed by atoms with van der Waals surface area (Å²) in [7, 11) is 0. The first-order chi connectivity index (χ1) is 15.5. The minimum absolute atomic E-state index is 0.000924. The molecule has 1 aromatic heterocycles. The van der Waals surface area contributed by atoms with Crippen LogP contribution in [0.15, 0.2) is 59.4 Å². The van der Waals surface area contributed by atoms with Crippen molar-refractivity contribution in [1.82, 2.24) is 4.57 Å². The molecule has 0 spiro atoms. The Bertz CT molecular complexity index is 1180. The third-order valence-electron chi connectivity index (χ3n) is 6.53. The predicted molar refractivity (Wildman–Crippen MR) is 124 cm³/mol. The first kappa shape index (κ1) is 20.8. The highest BCUT2D eigenvalue weighted by atomic mass is 16.5. The van der Waals surface area contributed by atoms with E-state index in [9.17, 15) is 4.79 Å². The fraction of sp³-hybridized carbons (Fsp3) is 0.370. The summed E-state index contributed by atoms with van der Waals surface area (Å²) in [5.74, 6) is 1.47. The summed E-state index contributed by atoms with van der Waals surface area (Å²) in [5.41, 5.74) is 4.83. The van der Waals surface area contributed by atoms with Crippen LogP contribution in [0.3, 0.4) is 0 Å². The third kappa shape index (κ3) is 4.05. The van der Waals surface area contributed by atoms with E-state index >= 15 is 0 Å². The molecule has 2 aromatic carbocycles. The summed E-state index contributed by atoms with van der Waals surface area (Å²) in [6.07, 6.45) is 2.88.